The van der Waals surface area contributed by atoms with Gasteiger partial charge in [-0.1, -0.05) is 0 Å². The number of carbonyl (C=O) groups is 1. The van der Waals surface area contributed by atoms with E-state index in [2.05, 4.69) is 5.32 Å². The molecule has 2 N–H and O–H groups in total. The molecular formula is C9H11NO3. The number of aliphatic carboxylic acids is 1. The summed E-state index contributed by atoms with van der Waals surface area (Å²) in [5.41, 5.74) is 1.13. The van der Waals surface area contributed by atoms with Crippen LogP contribution >= 0.6 is 0 Å². The summed E-state index contributed by atoms with van der Waals surface area (Å²) in [5.74, 6) is -0.0181. The van der Waals surface area contributed by atoms with Gasteiger partial charge in [0.1, 0.15) is 5.76 Å². The van der Waals surface area contributed by atoms with Crippen LogP contribution in [-0.4, -0.2) is 17.6 Å². The Labute approximate surface area is 75.6 Å². The van der Waals surface area contributed by atoms with Gasteiger partial charge in [-0.05, 0) is 24.6 Å². The first-order valence-electron chi connectivity index (χ1n) is 4.29. The molecule has 0 aromatic carbocycles. The summed E-state index contributed by atoms with van der Waals surface area (Å²) in [6.45, 7) is 0.824. The lowest BCUT2D eigenvalue weighted by Gasteiger charge is -2.20. The van der Waals surface area contributed by atoms with Gasteiger partial charge in [0.2, 0.25) is 0 Å². The van der Waals surface area contributed by atoms with Crippen LogP contribution < -0.4 is 5.32 Å². The maximum atomic E-state index is 10.5. The third-order valence-corrected chi connectivity index (χ3v) is 2.26. The summed E-state index contributed by atoms with van der Waals surface area (Å²) in [6.07, 6.45) is 2.62. The normalized spacial score (nSPS) is 21.1. The predicted octanol–water partition coefficient (Wildman–Crippen LogP) is 0.941. The summed E-state index contributed by atoms with van der Waals surface area (Å²) in [4.78, 5) is 10.5. The fraction of sp³-hybridized carbons (Fsp3) is 0.444. The van der Waals surface area contributed by atoms with Crippen LogP contribution in [0.3, 0.4) is 0 Å². The van der Waals surface area contributed by atoms with E-state index in [-0.39, 0.29) is 12.5 Å². The first-order chi connectivity index (χ1) is 6.27. The van der Waals surface area contributed by atoms with Gasteiger partial charge in [-0.2, -0.15) is 0 Å². The first-order valence-corrected chi connectivity index (χ1v) is 4.29. The van der Waals surface area contributed by atoms with E-state index in [0.29, 0.717) is 0 Å². The average molecular weight is 181 g/mol. The maximum absolute atomic E-state index is 10.5. The van der Waals surface area contributed by atoms with Crippen molar-refractivity contribution in [2.24, 2.45) is 0 Å². The second kappa shape index (κ2) is 3.22. The zero-order valence-corrected chi connectivity index (χ0v) is 7.12. The van der Waals surface area contributed by atoms with Crippen molar-refractivity contribution in [1.29, 1.82) is 0 Å². The smallest absolute Gasteiger partial charge is 0.305 e. The van der Waals surface area contributed by atoms with E-state index in [9.17, 15) is 4.79 Å². The lowest BCUT2D eigenvalue weighted by molar-refractivity contribution is -0.137. The van der Waals surface area contributed by atoms with Crippen LogP contribution in [0, 0.1) is 0 Å². The third-order valence-electron chi connectivity index (χ3n) is 2.26. The molecule has 0 fully saturated rings. The van der Waals surface area contributed by atoms with Gasteiger partial charge in [0.05, 0.1) is 18.7 Å². The lowest BCUT2D eigenvalue weighted by atomic mass is 10.0. The SMILES string of the molecule is O=C(O)CC1NCCc2ccoc21. The summed E-state index contributed by atoms with van der Waals surface area (Å²) in [6, 6.07) is 1.75. The zero-order valence-electron chi connectivity index (χ0n) is 7.12. The summed E-state index contributed by atoms with van der Waals surface area (Å²) in [7, 11) is 0. The Hall–Kier alpha value is -1.29. The van der Waals surface area contributed by atoms with Gasteiger partial charge in [0.25, 0.3) is 0 Å². The molecule has 0 amide bonds. The minimum absolute atomic E-state index is 0.0838. The Balaban J connectivity index is 2.20. The predicted molar refractivity (Wildman–Crippen MR) is 45.4 cm³/mol. The molecule has 13 heavy (non-hydrogen) atoms. The summed E-state index contributed by atoms with van der Waals surface area (Å²) in [5, 5.41) is 11.8. The Morgan fingerprint density at radius 3 is 3.38 bits per heavy atom. The van der Waals surface area contributed by atoms with E-state index in [1.54, 1.807) is 6.26 Å². The largest absolute Gasteiger partial charge is 0.481 e. The van der Waals surface area contributed by atoms with Crippen molar-refractivity contribution >= 4 is 5.97 Å². The second-order valence-electron chi connectivity index (χ2n) is 3.16. The van der Waals surface area contributed by atoms with Crippen LogP contribution in [0.4, 0.5) is 0 Å². The molecule has 1 aliphatic heterocycles. The third kappa shape index (κ3) is 1.58. The lowest BCUT2D eigenvalue weighted by Crippen LogP contribution is -2.30. The van der Waals surface area contributed by atoms with Crippen LogP contribution in [0.2, 0.25) is 0 Å². The molecule has 2 heterocycles. The van der Waals surface area contributed by atoms with Crippen molar-refractivity contribution in [3.05, 3.63) is 23.7 Å². The highest BCUT2D eigenvalue weighted by Crippen LogP contribution is 2.25. The molecule has 0 saturated heterocycles. The van der Waals surface area contributed by atoms with Gasteiger partial charge in [0.15, 0.2) is 0 Å². The minimum atomic E-state index is -0.804. The highest BCUT2D eigenvalue weighted by atomic mass is 16.4. The molecular weight excluding hydrogens is 170 g/mol. The number of rotatable bonds is 2. The molecule has 1 atom stereocenters. The number of nitrogens with one attached hydrogen (secondary N) is 1. The molecule has 0 saturated carbocycles. The molecule has 4 heteroatoms. The fourth-order valence-corrected chi connectivity index (χ4v) is 1.67. The quantitative estimate of drug-likeness (QED) is 0.712. The number of fused-ring (bicyclic) bond motifs is 1. The van der Waals surface area contributed by atoms with Crippen molar-refractivity contribution in [2.45, 2.75) is 18.9 Å². The number of hydrogen-bond donors (Lipinski definition) is 2. The standard InChI is InChI=1S/C9H11NO3/c11-8(12)5-7-9-6(1-3-10-7)2-4-13-9/h2,4,7,10H,1,3,5H2,(H,11,12). The van der Waals surface area contributed by atoms with E-state index >= 15 is 0 Å². The fourth-order valence-electron chi connectivity index (χ4n) is 1.67. The monoisotopic (exact) mass is 181 g/mol. The second-order valence-corrected chi connectivity index (χ2v) is 3.16. The van der Waals surface area contributed by atoms with E-state index in [4.69, 9.17) is 9.52 Å². The van der Waals surface area contributed by atoms with Crippen LogP contribution in [0.25, 0.3) is 0 Å². The van der Waals surface area contributed by atoms with Crippen molar-refractivity contribution < 1.29 is 14.3 Å². The molecule has 2 rings (SSSR count). The number of furan rings is 1. The zero-order chi connectivity index (χ0) is 9.26. The van der Waals surface area contributed by atoms with E-state index in [1.807, 2.05) is 6.07 Å². The highest BCUT2D eigenvalue weighted by molar-refractivity contribution is 5.67. The highest BCUT2D eigenvalue weighted by Gasteiger charge is 2.24. The topological polar surface area (TPSA) is 62.5 Å². The van der Waals surface area contributed by atoms with Crippen LogP contribution in [-0.2, 0) is 11.2 Å². The van der Waals surface area contributed by atoms with Crippen molar-refractivity contribution in [3.63, 3.8) is 0 Å². The van der Waals surface area contributed by atoms with Crippen molar-refractivity contribution in [3.8, 4) is 0 Å². The molecule has 0 radical (unpaired) electrons. The van der Waals surface area contributed by atoms with Gasteiger partial charge in [0, 0.05) is 0 Å². The Kier molecular flexibility index (Phi) is 2.06. The van der Waals surface area contributed by atoms with Crippen molar-refractivity contribution in [2.75, 3.05) is 6.54 Å². The van der Waals surface area contributed by atoms with E-state index in [0.717, 1.165) is 24.3 Å². The number of carboxylic acids is 1. The number of hydrogen-bond acceptors (Lipinski definition) is 3. The van der Waals surface area contributed by atoms with Gasteiger partial charge in [-0.3, -0.25) is 4.79 Å². The van der Waals surface area contributed by atoms with Gasteiger partial charge in [-0.25, -0.2) is 0 Å². The van der Waals surface area contributed by atoms with E-state index < -0.39 is 5.97 Å². The van der Waals surface area contributed by atoms with Gasteiger partial charge < -0.3 is 14.8 Å². The van der Waals surface area contributed by atoms with E-state index in [1.165, 1.54) is 0 Å². The average Bonchev–Trinajstić information content (AvgIpc) is 2.51. The van der Waals surface area contributed by atoms with Gasteiger partial charge >= 0.3 is 5.97 Å². The molecule has 1 aliphatic rings. The molecule has 1 aromatic rings. The Bertz CT molecular complexity index is 318. The van der Waals surface area contributed by atoms with Crippen LogP contribution in [0.5, 0.6) is 0 Å². The van der Waals surface area contributed by atoms with Crippen molar-refractivity contribution in [1.82, 2.24) is 5.32 Å². The van der Waals surface area contributed by atoms with Crippen LogP contribution in [0.1, 0.15) is 23.8 Å². The minimum Gasteiger partial charge on any atom is -0.481 e. The Morgan fingerprint density at radius 2 is 2.62 bits per heavy atom. The van der Waals surface area contributed by atoms with Crippen LogP contribution in [0.15, 0.2) is 16.7 Å². The summed E-state index contributed by atoms with van der Waals surface area (Å²) < 4.78 is 5.24. The maximum Gasteiger partial charge on any atom is 0.305 e. The van der Waals surface area contributed by atoms with Gasteiger partial charge in [-0.15, -0.1) is 0 Å². The Morgan fingerprint density at radius 1 is 1.77 bits per heavy atom. The molecule has 0 aliphatic carbocycles. The number of carboxylic acid groups (broad SMARTS) is 1. The summed E-state index contributed by atoms with van der Waals surface area (Å²) >= 11 is 0. The molecule has 1 unspecified atom stereocenters. The first kappa shape index (κ1) is 8.31. The molecule has 1 aromatic heterocycles. The molecule has 70 valence electrons. The molecule has 0 spiro atoms. The molecule has 4 nitrogen and oxygen atoms in total. The molecule has 0 bridgehead atoms.